The zero-order chi connectivity index (χ0) is 23.4. The number of nitrogens with one attached hydrogen (secondary N) is 2. The standard InChI is InChI=1S/C26H28N4O2S2/c31-34(32,25-19-23-24(33-25)12-13-28-26(23)30-17-15-27-16-18-30)29-14-11-22(20-7-3-1-4-8-20)21-9-5-2-6-10-21/h1-10,12-13,19,22,27,29H,11,14-18H2. The van der Waals surface area contributed by atoms with E-state index in [0.717, 1.165) is 42.1 Å². The van der Waals surface area contributed by atoms with E-state index in [0.29, 0.717) is 17.2 Å². The summed E-state index contributed by atoms with van der Waals surface area (Å²) in [6, 6.07) is 24.2. The second-order valence-corrected chi connectivity index (χ2v) is 11.5. The molecular formula is C26H28N4O2S2. The van der Waals surface area contributed by atoms with Crippen LogP contribution in [0.2, 0.25) is 0 Å². The summed E-state index contributed by atoms with van der Waals surface area (Å²) in [7, 11) is -3.62. The van der Waals surface area contributed by atoms with Gasteiger partial charge in [0, 0.05) is 54.9 Å². The van der Waals surface area contributed by atoms with E-state index in [1.54, 1.807) is 12.3 Å². The highest BCUT2D eigenvalue weighted by Gasteiger charge is 2.22. The largest absolute Gasteiger partial charge is 0.354 e. The van der Waals surface area contributed by atoms with Gasteiger partial charge < -0.3 is 10.2 Å². The summed E-state index contributed by atoms with van der Waals surface area (Å²) in [4.78, 5) is 6.79. The molecule has 8 heteroatoms. The maximum Gasteiger partial charge on any atom is 0.250 e. The van der Waals surface area contributed by atoms with Crippen LogP contribution in [0.15, 0.2) is 83.2 Å². The minimum atomic E-state index is -3.62. The summed E-state index contributed by atoms with van der Waals surface area (Å²) in [6.45, 7) is 3.89. The molecule has 6 nitrogen and oxygen atoms in total. The Bertz CT molecular complexity index is 1300. The van der Waals surface area contributed by atoms with Gasteiger partial charge in [-0.05, 0) is 29.7 Å². The SMILES string of the molecule is O=S(=O)(NCCC(c1ccccc1)c1ccccc1)c1cc2c(N3CCNCC3)nccc2s1. The van der Waals surface area contributed by atoms with Gasteiger partial charge in [-0.25, -0.2) is 18.1 Å². The molecular weight excluding hydrogens is 464 g/mol. The van der Waals surface area contributed by atoms with Crippen LogP contribution in [-0.4, -0.2) is 46.1 Å². The zero-order valence-corrected chi connectivity index (χ0v) is 20.5. The van der Waals surface area contributed by atoms with Crippen molar-refractivity contribution < 1.29 is 8.42 Å². The highest BCUT2D eigenvalue weighted by Crippen LogP contribution is 2.34. The number of sulfonamides is 1. The molecule has 0 radical (unpaired) electrons. The molecule has 4 aromatic rings. The third-order valence-corrected chi connectivity index (χ3v) is 9.25. The normalized spacial score (nSPS) is 14.7. The van der Waals surface area contributed by atoms with Crippen molar-refractivity contribution in [2.45, 2.75) is 16.5 Å². The molecule has 0 aliphatic carbocycles. The highest BCUT2D eigenvalue weighted by atomic mass is 32.2. The number of benzene rings is 2. The number of hydrogen-bond acceptors (Lipinski definition) is 6. The molecule has 34 heavy (non-hydrogen) atoms. The molecule has 1 aliphatic heterocycles. The number of fused-ring (bicyclic) bond motifs is 1. The lowest BCUT2D eigenvalue weighted by atomic mass is 9.89. The number of nitrogens with zero attached hydrogens (tertiary/aromatic N) is 2. The van der Waals surface area contributed by atoms with Crippen LogP contribution >= 0.6 is 11.3 Å². The van der Waals surface area contributed by atoms with Gasteiger partial charge in [-0.1, -0.05) is 60.7 Å². The summed E-state index contributed by atoms with van der Waals surface area (Å²) in [5.74, 6) is 0.987. The molecule has 3 heterocycles. The predicted octanol–water partition coefficient (Wildman–Crippen LogP) is 4.21. The van der Waals surface area contributed by atoms with Crippen molar-refractivity contribution in [1.82, 2.24) is 15.0 Å². The van der Waals surface area contributed by atoms with Crippen molar-refractivity contribution in [3.8, 4) is 0 Å². The van der Waals surface area contributed by atoms with Crippen LogP contribution in [0.1, 0.15) is 23.5 Å². The van der Waals surface area contributed by atoms with Crippen LogP contribution in [0.3, 0.4) is 0 Å². The lowest BCUT2D eigenvalue weighted by Gasteiger charge is -2.28. The molecule has 0 atom stereocenters. The number of rotatable bonds is 8. The highest BCUT2D eigenvalue weighted by molar-refractivity contribution is 7.91. The third-order valence-electron chi connectivity index (χ3n) is 6.21. The Balaban J connectivity index is 1.34. The Kier molecular flexibility index (Phi) is 6.92. The molecule has 0 saturated carbocycles. The van der Waals surface area contributed by atoms with Crippen molar-refractivity contribution >= 4 is 37.3 Å². The van der Waals surface area contributed by atoms with Gasteiger partial charge in [0.25, 0.3) is 0 Å². The average molecular weight is 493 g/mol. The Morgan fingerprint density at radius 1 is 0.971 bits per heavy atom. The van der Waals surface area contributed by atoms with E-state index in [-0.39, 0.29) is 5.92 Å². The van der Waals surface area contributed by atoms with Gasteiger partial charge in [0.1, 0.15) is 10.0 Å². The number of pyridine rings is 1. The molecule has 5 rings (SSSR count). The fraction of sp³-hybridized carbons (Fsp3) is 0.269. The lowest BCUT2D eigenvalue weighted by molar-refractivity contribution is 0.577. The first-order valence-corrected chi connectivity index (χ1v) is 13.9. The van der Waals surface area contributed by atoms with Gasteiger partial charge >= 0.3 is 0 Å². The maximum atomic E-state index is 13.2. The number of hydrogen-bond donors (Lipinski definition) is 2. The maximum absolute atomic E-state index is 13.2. The van der Waals surface area contributed by atoms with Gasteiger partial charge in [-0.2, -0.15) is 0 Å². The van der Waals surface area contributed by atoms with Crippen molar-refractivity contribution in [3.05, 3.63) is 90.1 Å². The van der Waals surface area contributed by atoms with Gasteiger partial charge in [-0.3, -0.25) is 0 Å². The van der Waals surface area contributed by atoms with E-state index in [1.165, 1.54) is 22.5 Å². The summed E-state index contributed by atoms with van der Waals surface area (Å²) in [5, 5.41) is 4.25. The summed E-state index contributed by atoms with van der Waals surface area (Å²) in [5.41, 5.74) is 2.36. The number of aromatic nitrogens is 1. The molecule has 2 N–H and O–H groups in total. The van der Waals surface area contributed by atoms with Crippen LogP contribution < -0.4 is 14.9 Å². The monoisotopic (exact) mass is 492 g/mol. The summed E-state index contributed by atoms with van der Waals surface area (Å²) in [6.07, 6.45) is 2.44. The van der Waals surface area contributed by atoms with Crippen molar-refractivity contribution in [2.75, 3.05) is 37.6 Å². The molecule has 0 spiro atoms. The van der Waals surface area contributed by atoms with E-state index in [1.807, 2.05) is 42.5 Å². The van der Waals surface area contributed by atoms with Crippen LogP contribution in [0.4, 0.5) is 5.82 Å². The number of thiophene rings is 1. The Morgan fingerprint density at radius 3 is 2.26 bits per heavy atom. The first-order valence-electron chi connectivity index (χ1n) is 11.6. The van der Waals surface area contributed by atoms with Crippen molar-refractivity contribution in [2.24, 2.45) is 0 Å². The topological polar surface area (TPSA) is 74.3 Å². The average Bonchev–Trinajstić information content (AvgIpc) is 3.34. The van der Waals surface area contributed by atoms with Gasteiger partial charge in [-0.15, -0.1) is 11.3 Å². The lowest BCUT2D eigenvalue weighted by Crippen LogP contribution is -2.43. The minimum Gasteiger partial charge on any atom is -0.354 e. The van der Waals surface area contributed by atoms with Crippen LogP contribution in [-0.2, 0) is 10.0 Å². The zero-order valence-electron chi connectivity index (χ0n) is 18.9. The van der Waals surface area contributed by atoms with E-state index < -0.39 is 10.0 Å². The first-order chi connectivity index (χ1) is 16.6. The molecule has 2 aromatic heterocycles. The van der Waals surface area contributed by atoms with E-state index in [9.17, 15) is 8.42 Å². The molecule has 0 unspecified atom stereocenters. The minimum absolute atomic E-state index is 0.121. The van der Waals surface area contributed by atoms with E-state index in [2.05, 4.69) is 44.2 Å². The van der Waals surface area contributed by atoms with Crippen LogP contribution in [0.25, 0.3) is 10.1 Å². The second kappa shape index (κ2) is 10.2. The quantitative estimate of drug-likeness (QED) is 0.386. The van der Waals surface area contributed by atoms with Crippen molar-refractivity contribution in [1.29, 1.82) is 0 Å². The predicted molar refractivity (Wildman–Crippen MR) is 139 cm³/mol. The Morgan fingerprint density at radius 2 is 1.62 bits per heavy atom. The van der Waals surface area contributed by atoms with Crippen molar-refractivity contribution in [3.63, 3.8) is 0 Å². The molecule has 1 aliphatic rings. The third kappa shape index (κ3) is 5.00. The Labute approximate surface area is 204 Å². The molecule has 1 saturated heterocycles. The smallest absolute Gasteiger partial charge is 0.250 e. The first kappa shape index (κ1) is 23.0. The van der Waals surface area contributed by atoms with Gasteiger partial charge in [0.05, 0.1) is 0 Å². The van der Waals surface area contributed by atoms with Crippen LogP contribution in [0.5, 0.6) is 0 Å². The molecule has 176 valence electrons. The van der Waals surface area contributed by atoms with Crippen LogP contribution in [0, 0.1) is 0 Å². The summed E-state index contributed by atoms with van der Waals surface area (Å²) >= 11 is 1.30. The molecule has 1 fully saturated rings. The molecule has 0 amide bonds. The molecule has 2 aromatic carbocycles. The van der Waals surface area contributed by atoms with Gasteiger partial charge in [0.2, 0.25) is 10.0 Å². The fourth-order valence-electron chi connectivity index (χ4n) is 4.49. The molecule has 0 bridgehead atoms. The van der Waals surface area contributed by atoms with Gasteiger partial charge in [0.15, 0.2) is 0 Å². The summed E-state index contributed by atoms with van der Waals surface area (Å²) < 4.78 is 30.5. The number of anilines is 1. The second-order valence-electron chi connectivity index (χ2n) is 8.41. The van der Waals surface area contributed by atoms with E-state index >= 15 is 0 Å². The number of piperazine rings is 1. The Hall–Kier alpha value is -2.78. The van der Waals surface area contributed by atoms with E-state index in [4.69, 9.17) is 0 Å². The fourth-order valence-corrected chi connectivity index (χ4v) is 6.96.